The molecule has 0 radical (unpaired) electrons. The Morgan fingerprint density at radius 2 is 2.15 bits per heavy atom. The minimum atomic E-state index is -0.0492. The number of carbonyl (C=O) groups excluding carboxylic acids is 1. The Kier molecular flexibility index (Phi) is 5.62. The molecule has 1 fully saturated rings. The van der Waals surface area contributed by atoms with Gasteiger partial charge in [0.1, 0.15) is 5.75 Å². The van der Waals surface area contributed by atoms with Gasteiger partial charge in [0, 0.05) is 51.9 Å². The van der Waals surface area contributed by atoms with E-state index in [-0.39, 0.29) is 11.7 Å². The minimum Gasteiger partial charge on any atom is -0.507 e. The highest BCUT2D eigenvalue weighted by atomic mass is 127. The van der Waals surface area contributed by atoms with E-state index in [1.165, 1.54) is 6.07 Å². The van der Waals surface area contributed by atoms with E-state index in [1.54, 1.807) is 24.1 Å². The summed E-state index contributed by atoms with van der Waals surface area (Å²) in [5.41, 5.74) is 0.533. The summed E-state index contributed by atoms with van der Waals surface area (Å²) in [6.07, 6.45) is 0. The number of phenols is 1. The van der Waals surface area contributed by atoms with Crippen LogP contribution in [0.4, 0.5) is 0 Å². The molecule has 1 aliphatic rings. The number of benzene rings is 1. The van der Waals surface area contributed by atoms with Crippen LogP contribution in [0, 0.1) is 3.57 Å². The predicted octanol–water partition coefficient (Wildman–Crippen LogP) is 0.974. The molecule has 0 spiro atoms. The van der Waals surface area contributed by atoms with Gasteiger partial charge in [-0.3, -0.25) is 9.69 Å². The van der Waals surface area contributed by atoms with Crippen LogP contribution in [-0.4, -0.2) is 67.1 Å². The molecule has 0 saturated carbocycles. The molecule has 1 amide bonds. The van der Waals surface area contributed by atoms with Crippen molar-refractivity contribution in [3.05, 3.63) is 27.3 Å². The first-order chi connectivity index (χ1) is 9.58. The van der Waals surface area contributed by atoms with E-state index in [4.69, 9.17) is 0 Å². The second-order valence-corrected chi connectivity index (χ2v) is 6.15. The van der Waals surface area contributed by atoms with Gasteiger partial charge in [-0.05, 0) is 40.8 Å². The van der Waals surface area contributed by atoms with Crippen molar-refractivity contribution in [2.75, 3.05) is 46.3 Å². The van der Waals surface area contributed by atoms with Crippen LogP contribution < -0.4 is 5.32 Å². The lowest BCUT2D eigenvalue weighted by atomic mass is 10.2. The highest BCUT2D eigenvalue weighted by Gasteiger charge is 2.15. The number of halogens is 1. The lowest BCUT2D eigenvalue weighted by molar-refractivity contribution is 0.0774. The van der Waals surface area contributed by atoms with Gasteiger partial charge in [-0.2, -0.15) is 0 Å². The van der Waals surface area contributed by atoms with Crippen LogP contribution in [0.15, 0.2) is 18.2 Å². The zero-order chi connectivity index (χ0) is 14.5. The first-order valence-electron chi connectivity index (χ1n) is 6.75. The van der Waals surface area contributed by atoms with E-state index in [1.807, 2.05) is 22.6 Å². The van der Waals surface area contributed by atoms with Gasteiger partial charge in [0.2, 0.25) is 0 Å². The molecule has 1 heterocycles. The fraction of sp³-hybridized carbons (Fsp3) is 0.500. The molecule has 110 valence electrons. The number of phenolic OH excluding ortho intramolecular Hbond substituents is 1. The van der Waals surface area contributed by atoms with Gasteiger partial charge in [0.25, 0.3) is 5.91 Å². The zero-order valence-electron chi connectivity index (χ0n) is 11.6. The highest BCUT2D eigenvalue weighted by molar-refractivity contribution is 14.1. The summed E-state index contributed by atoms with van der Waals surface area (Å²) in [5.74, 6) is 0.110. The van der Waals surface area contributed by atoms with Gasteiger partial charge in [-0.1, -0.05) is 0 Å². The number of piperazine rings is 1. The van der Waals surface area contributed by atoms with Crippen LogP contribution in [0.3, 0.4) is 0 Å². The Morgan fingerprint density at radius 3 is 2.80 bits per heavy atom. The largest absolute Gasteiger partial charge is 0.507 e. The average molecular weight is 389 g/mol. The summed E-state index contributed by atoms with van der Waals surface area (Å²) in [5, 5.41) is 13.0. The molecule has 0 aromatic heterocycles. The number of nitrogens with one attached hydrogen (secondary N) is 1. The van der Waals surface area contributed by atoms with Crippen molar-refractivity contribution in [2.45, 2.75) is 0 Å². The molecule has 1 aromatic rings. The Balaban J connectivity index is 1.89. The summed E-state index contributed by atoms with van der Waals surface area (Å²) >= 11 is 2.04. The van der Waals surface area contributed by atoms with E-state index in [0.29, 0.717) is 12.1 Å². The molecule has 1 aliphatic heterocycles. The van der Waals surface area contributed by atoms with Crippen molar-refractivity contribution >= 4 is 28.5 Å². The van der Waals surface area contributed by atoms with Crippen molar-refractivity contribution in [1.29, 1.82) is 0 Å². The van der Waals surface area contributed by atoms with Crippen LogP contribution in [0.1, 0.15) is 10.4 Å². The lowest BCUT2D eigenvalue weighted by Gasteiger charge is -2.29. The third kappa shape index (κ3) is 4.07. The maximum absolute atomic E-state index is 12.3. The van der Waals surface area contributed by atoms with Crippen molar-refractivity contribution in [1.82, 2.24) is 15.1 Å². The summed E-state index contributed by atoms with van der Waals surface area (Å²) in [7, 11) is 1.81. The lowest BCUT2D eigenvalue weighted by Crippen LogP contribution is -2.46. The van der Waals surface area contributed by atoms with Gasteiger partial charge < -0.3 is 15.3 Å². The van der Waals surface area contributed by atoms with Crippen molar-refractivity contribution < 1.29 is 9.90 Å². The molecular weight excluding hydrogens is 369 g/mol. The molecule has 0 aliphatic carbocycles. The Hall–Kier alpha value is -0.860. The number of amides is 1. The van der Waals surface area contributed by atoms with Gasteiger partial charge >= 0.3 is 0 Å². The van der Waals surface area contributed by atoms with Crippen LogP contribution in [0.25, 0.3) is 0 Å². The molecule has 6 heteroatoms. The highest BCUT2D eigenvalue weighted by Crippen LogP contribution is 2.21. The molecule has 0 atom stereocenters. The van der Waals surface area contributed by atoms with Crippen molar-refractivity contribution in [3.63, 3.8) is 0 Å². The Bertz CT molecular complexity index is 475. The Morgan fingerprint density at radius 1 is 1.45 bits per heavy atom. The fourth-order valence-corrected chi connectivity index (χ4v) is 2.53. The molecule has 1 saturated heterocycles. The van der Waals surface area contributed by atoms with E-state index in [9.17, 15) is 9.90 Å². The summed E-state index contributed by atoms with van der Waals surface area (Å²) in [6, 6.07) is 5.05. The number of aromatic hydroxyl groups is 1. The van der Waals surface area contributed by atoms with E-state index < -0.39 is 0 Å². The SMILES string of the molecule is CN(CCN1CCNCC1)C(=O)c1ccc(I)c(O)c1. The van der Waals surface area contributed by atoms with Crippen LogP contribution >= 0.6 is 22.6 Å². The summed E-state index contributed by atoms with van der Waals surface area (Å²) in [4.78, 5) is 16.3. The van der Waals surface area contributed by atoms with Gasteiger partial charge in [0.05, 0.1) is 3.57 Å². The topological polar surface area (TPSA) is 55.8 Å². The quantitative estimate of drug-likeness (QED) is 0.754. The molecule has 0 unspecified atom stereocenters. The third-order valence-corrected chi connectivity index (χ3v) is 4.41. The van der Waals surface area contributed by atoms with E-state index >= 15 is 0 Å². The molecular formula is C14H20IN3O2. The monoisotopic (exact) mass is 389 g/mol. The van der Waals surface area contributed by atoms with Crippen molar-refractivity contribution in [2.24, 2.45) is 0 Å². The number of rotatable bonds is 4. The molecule has 0 bridgehead atoms. The molecule has 20 heavy (non-hydrogen) atoms. The molecule has 1 aromatic carbocycles. The standard InChI is InChI=1S/C14H20IN3O2/c1-17(8-9-18-6-4-16-5-7-18)14(20)11-2-3-12(15)13(19)10-11/h2-3,10,16,19H,4-9H2,1H3. The second-order valence-electron chi connectivity index (χ2n) is 4.98. The van der Waals surface area contributed by atoms with E-state index in [0.717, 1.165) is 36.3 Å². The normalized spacial score (nSPS) is 16.1. The second kappa shape index (κ2) is 7.24. The summed E-state index contributed by atoms with van der Waals surface area (Å²) in [6.45, 7) is 5.69. The maximum Gasteiger partial charge on any atom is 0.253 e. The predicted molar refractivity (Wildman–Crippen MR) is 87.1 cm³/mol. The minimum absolute atomic E-state index is 0.0492. The van der Waals surface area contributed by atoms with Crippen LogP contribution in [0.5, 0.6) is 5.75 Å². The van der Waals surface area contributed by atoms with E-state index in [2.05, 4.69) is 10.2 Å². The Labute approximate surface area is 133 Å². The van der Waals surface area contributed by atoms with Gasteiger partial charge in [-0.15, -0.1) is 0 Å². The average Bonchev–Trinajstić information content (AvgIpc) is 2.48. The molecule has 2 rings (SSSR count). The number of hydrogen-bond acceptors (Lipinski definition) is 4. The van der Waals surface area contributed by atoms with Crippen LogP contribution in [-0.2, 0) is 0 Å². The first-order valence-corrected chi connectivity index (χ1v) is 7.83. The smallest absolute Gasteiger partial charge is 0.253 e. The maximum atomic E-state index is 12.3. The zero-order valence-corrected chi connectivity index (χ0v) is 13.8. The van der Waals surface area contributed by atoms with Crippen LogP contribution in [0.2, 0.25) is 0 Å². The first kappa shape index (κ1) is 15.5. The van der Waals surface area contributed by atoms with Gasteiger partial charge in [0.15, 0.2) is 0 Å². The third-order valence-electron chi connectivity index (χ3n) is 3.50. The number of hydrogen-bond donors (Lipinski definition) is 2. The number of nitrogens with zero attached hydrogens (tertiary/aromatic N) is 2. The molecule has 2 N–H and O–H groups in total. The molecule has 5 nitrogen and oxygen atoms in total. The number of likely N-dealkylation sites (N-methyl/N-ethyl adjacent to an activating group) is 1. The fourth-order valence-electron chi connectivity index (χ4n) is 2.19. The van der Waals surface area contributed by atoms with Gasteiger partial charge in [-0.25, -0.2) is 0 Å². The summed E-state index contributed by atoms with van der Waals surface area (Å²) < 4.78 is 0.752. The van der Waals surface area contributed by atoms with Crippen molar-refractivity contribution in [3.8, 4) is 5.75 Å². The number of carbonyl (C=O) groups is 1.